The predicted octanol–water partition coefficient (Wildman–Crippen LogP) is 4.06. The number of halogens is 1. The van der Waals surface area contributed by atoms with Crippen molar-refractivity contribution in [2.75, 3.05) is 20.2 Å². The quantitative estimate of drug-likeness (QED) is 0.271. The average molecular weight is 459 g/mol. The molecule has 0 bridgehead atoms. The van der Waals surface area contributed by atoms with E-state index in [1.54, 1.807) is 18.4 Å². The third kappa shape index (κ3) is 7.53. The summed E-state index contributed by atoms with van der Waals surface area (Å²) in [7, 11) is 1.69. The molecular formula is C18H26IN3OS. The Labute approximate surface area is 165 Å². The predicted molar refractivity (Wildman–Crippen MR) is 114 cm³/mol. The van der Waals surface area contributed by atoms with E-state index in [1.165, 1.54) is 11.1 Å². The molecule has 0 saturated carbocycles. The van der Waals surface area contributed by atoms with Crippen molar-refractivity contribution in [1.29, 1.82) is 0 Å². The first kappa shape index (κ1) is 20.8. The molecule has 0 saturated heterocycles. The summed E-state index contributed by atoms with van der Waals surface area (Å²) in [6.07, 6.45) is 2.11. The fourth-order valence-electron chi connectivity index (χ4n) is 2.19. The van der Waals surface area contributed by atoms with Gasteiger partial charge in [0.1, 0.15) is 5.75 Å². The second-order valence-electron chi connectivity index (χ2n) is 5.21. The summed E-state index contributed by atoms with van der Waals surface area (Å²) in [6, 6.07) is 10.4. The van der Waals surface area contributed by atoms with E-state index in [9.17, 15) is 0 Å². The van der Waals surface area contributed by atoms with Gasteiger partial charge in [-0.15, -0.1) is 24.0 Å². The number of ether oxygens (including phenoxy) is 1. The van der Waals surface area contributed by atoms with E-state index in [4.69, 9.17) is 4.74 Å². The molecule has 1 heterocycles. The van der Waals surface area contributed by atoms with Gasteiger partial charge in [-0.05, 0) is 59.9 Å². The number of aryl methyl sites for hydroxylation is 1. The number of hydrogen-bond donors (Lipinski definition) is 2. The van der Waals surface area contributed by atoms with Gasteiger partial charge in [0.05, 0.1) is 13.7 Å². The van der Waals surface area contributed by atoms with Gasteiger partial charge in [0.2, 0.25) is 0 Å². The molecule has 0 amide bonds. The third-order valence-electron chi connectivity index (χ3n) is 3.44. The molecule has 4 nitrogen and oxygen atoms in total. The van der Waals surface area contributed by atoms with Crippen LogP contribution in [0.5, 0.6) is 5.75 Å². The van der Waals surface area contributed by atoms with Crippen molar-refractivity contribution in [2.45, 2.75) is 26.3 Å². The van der Waals surface area contributed by atoms with E-state index < -0.39 is 0 Å². The van der Waals surface area contributed by atoms with Crippen molar-refractivity contribution >= 4 is 41.3 Å². The zero-order chi connectivity index (χ0) is 16.3. The SMILES string of the molecule is CCNC(=NCc1ccsc1)NCCCc1ccc(OC)cc1.I. The number of rotatable bonds is 8. The van der Waals surface area contributed by atoms with Crippen molar-refractivity contribution < 1.29 is 4.74 Å². The van der Waals surface area contributed by atoms with Crippen LogP contribution in [0.4, 0.5) is 0 Å². The summed E-state index contributed by atoms with van der Waals surface area (Å²) in [6.45, 7) is 4.58. The minimum atomic E-state index is 0. The Morgan fingerprint density at radius 1 is 1.12 bits per heavy atom. The van der Waals surface area contributed by atoms with Crippen LogP contribution in [0.25, 0.3) is 0 Å². The molecule has 0 aliphatic rings. The topological polar surface area (TPSA) is 45.7 Å². The number of benzene rings is 1. The molecule has 0 aliphatic carbocycles. The number of methoxy groups -OCH3 is 1. The van der Waals surface area contributed by atoms with Gasteiger partial charge in [-0.3, -0.25) is 0 Å². The summed E-state index contributed by atoms with van der Waals surface area (Å²) in [5.74, 6) is 1.79. The molecular weight excluding hydrogens is 433 g/mol. The highest BCUT2D eigenvalue weighted by Gasteiger charge is 1.99. The number of guanidine groups is 1. The van der Waals surface area contributed by atoms with Gasteiger partial charge >= 0.3 is 0 Å². The molecule has 132 valence electrons. The Bertz CT molecular complexity index is 585. The van der Waals surface area contributed by atoms with Crippen LogP contribution in [0.15, 0.2) is 46.1 Å². The maximum atomic E-state index is 5.18. The van der Waals surface area contributed by atoms with Crippen LogP contribution in [0, 0.1) is 0 Å². The van der Waals surface area contributed by atoms with Gasteiger partial charge in [-0.2, -0.15) is 11.3 Å². The van der Waals surface area contributed by atoms with Gasteiger partial charge < -0.3 is 15.4 Å². The zero-order valence-corrected chi connectivity index (χ0v) is 17.4. The molecule has 24 heavy (non-hydrogen) atoms. The first-order valence-corrected chi connectivity index (χ1v) is 8.92. The van der Waals surface area contributed by atoms with Crippen molar-refractivity contribution in [3.8, 4) is 5.75 Å². The maximum Gasteiger partial charge on any atom is 0.191 e. The fourth-order valence-corrected chi connectivity index (χ4v) is 2.85. The average Bonchev–Trinajstić information content (AvgIpc) is 3.10. The smallest absolute Gasteiger partial charge is 0.191 e. The fraction of sp³-hybridized carbons (Fsp3) is 0.389. The summed E-state index contributed by atoms with van der Waals surface area (Å²) in [5.41, 5.74) is 2.58. The lowest BCUT2D eigenvalue weighted by atomic mass is 10.1. The van der Waals surface area contributed by atoms with Crippen molar-refractivity contribution in [1.82, 2.24) is 10.6 Å². The van der Waals surface area contributed by atoms with Gasteiger partial charge in [0, 0.05) is 13.1 Å². The van der Waals surface area contributed by atoms with Gasteiger partial charge in [0.25, 0.3) is 0 Å². The van der Waals surface area contributed by atoms with Crippen LogP contribution in [0.3, 0.4) is 0 Å². The number of aliphatic imine (C=N–C) groups is 1. The first-order valence-electron chi connectivity index (χ1n) is 7.98. The van der Waals surface area contributed by atoms with Crippen molar-refractivity contribution in [3.63, 3.8) is 0 Å². The molecule has 0 unspecified atom stereocenters. The van der Waals surface area contributed by atoms with E-state index in [1.807, 2.05) is 12.1 Å². The largest absolute Gasteiger partial charge is 0.497 e. The second-order valence-corrected chi connectivity index (χ2v) is 5.99. The maximum absolute atomic E-state index is 5.18. The number of nitrogens with one attached hydrogen (secondary N) is 2. The summed E-state index contributed by atoms with van der Waals surface area (Å²) >= 11 is 1.71. The van der Waals surface area contributed by atoms with Crippen LogP contribution in [-0.2, 0) is 13.0 Å². The standard InChI is InChI=1S/C18H25N3OS.HI/c1-3-19-18(21-13-16-10-12-23-14-16)20-11-4-5-15-6-8-17(22-2)9-7-15;/h6-10,12,14H,3-5,11,13H2,1-2H3,(H2,19,20,21);1H. The van der Waals surface area contributed by atoms with Crippen molar-refractivity contribution in [3.05, 3.63) is 52.2 Å². The lowest BCUT2D eigenvalue weighted by molar-refractivity contribution is 0.414. The summed E-state index contributed by atoms with van der Waals surface area (Å²) in [5, 5.41) is 10.9. The van der Waals surface area contributed by atoms with E-state index in [0.717, 1.165) is 44.2 Å². The number of hydrogen-bond acceptors (Lipinski definition) is 3. The molecule has 0 spiro atoms. The third-order valence-corrected chi connectivity index (χ3v) is 4.17. The molecule has 1 aromatic carbocycles. The highest BCUT2D eigenvalue weighted by molar-refractivity contribution is 14.0. The highest BCUT2D eigenvalue weighted by Crippen LogP contribution is 2.12. The lowest BCUT2D eigenvalue weighted by Gasteiger charge is -2.11. The molecule has 0 aliphatic heterocycles. The summed E-state index contributed by atoms with van der Waals surface area (Å²) in [4.78, 5) is 4.61. The Hall–Kier alpha value is -1.28. The van der Waals surface area contributed by atoms with Gasteiger partial charge in [-0.25, -0.2) is 4.99 Å². The highest BCUT2D eigenvalue weighted by atomic mass is 127. The second kappa shape index (κ2) is 12.1. The Kier molecular flexibility index (Phi) is 10.5. The molecule has 2 rings (SSSR count). The number of thiophene rings is 1. The minimum Gasteiger partial charge on any atom is -0.497 e. The molecule has 2 N–H and O–H groups in total. The Morgan fingerprint density at radius 2 is 1.92 bits per heavy atom. The van der Waals surface area contributed by atoms with Crippen molar-refractivity contribution in [2.24, 2.45) is 4.99 Å². The van der Waals surface area contributed by atoms with E-state index in [2.05, 4.69) is 51.5 Å². The van der Waals surface area contributed by atoms with E-state index in [-0.39, 0.29) is 24.0 Å². The van der Waals surface area contributed by atoms with E-state index >= 15 is 0 Å². The summed E-state index contributed by atoms with van der Waals surface area (Å²) < 4.78 is 5.18. The van der Waals surface area contributed by atoms with Gasteiger partial charge in [0.15, 0.2) is 5.96 Å². The monoisotopic (exact) mass is 459 g/mol. The molecule has 6 heteroatoms. The molecule has 1 aromatic heterocycles. The Morgan fingerprint density at radius 3 is 2.54 bits per heavy atom. The first-order chi connectivity index (χ1) is 11.3. The van der Waals surface area contributed by atoms with Gasteiger partial charge in [-0.1, -0.05) is 12.1 Å². The molecule has 2 aromatic rings. The number of nitrogens with zero attached hydrogens (tertiary/aromatic N) is 1. The van der Waals surface area contributed by atoms with Crippen LogP contribution in [0.1, 0.15) is 24.5 Å². The minimum absolute atomic E-state index is 0. The molecule has 0 fully saturated rings. The normalized spacial score (nSPS) is 10.8. The van der Waals surface area contributed by atoms with E-state index in [0.29, 0.717) is 0 Å². The lowest BCUT2D eigenvalue weighted by Crippen LogP contribution is -2.37. The molecule has 0 radical (unpaired) electrons. The van der Waals surface area contributed by atoms with Crippen LogP contribution in [-0.4, -0.2) is 26.2 Å². The molecule has 0 atom stereocenters. The van der Waals surface area contributed by atoms with Crippen LogP contribution in [0.2, 0.25) is 0 Å². The van der Waals surface area contributed by atoms with Crippen LogP contribution >= 0.6 is 35.3 Å². The zero-order valence-electron chi connectivity index (χ0n) is 14.2. The Balaban J connectivity index is 0.00000288. The van der Waals surface area contributed by atoms with Crippen LogP contribution < -0.4 is 15.4 Å².